The number of carbonyl (C=O) groups excluding carboxylic acids is 2. The van der Waals surface area contributed by atoms with Gasteiger partial charge in [-0.2, -0.15) is 13.2 Å². The first-order chi connectivity index (χ1) is 15.5. The van der Waals surface area contributed by atoms with Crippen LogP contribution in [-0.2, 0) is 22.1 Å². The van der Waals surface area contributed by atoms with Crippen molar-refractivity contribution in [2.24, 2.45) is 5.92 Å². The molecule has 0 aliphatic carbocycles. The molecule has 2 aromatic rings. The predicted octanol–water partition coefficient (Wildman–Crippen LogP) is 3.91. The van der Waals surface area contributed by atoms with Crippen LogP contribution >= 0.6 is 0 Å². The van der Waals surface area contributed by atoms with E-state index in [4.69, 9.17) is 9.47 Å². The number of ether oxygens (including phenoxy) is 2. The number of benzene rings is 1. The Kier molecular flexibility index (Phi) is 8.84. The van der Waals surface area contributed by atoms with E-state index in [1.165, 1.54) is 31.5 Å². The van der Waals surface area contributed by atoms with Crippen molar-refractivity contribution in [3.05, 3.63) is 66.0 Å². The Morgan fingerprint density at radius 2 is 1.91 bits per heavy atom. The quantitative estimate of drug-likeness (QED) is 0.407. The van der Waals surface area contributed by atoms with Crippen LogP contribution < -0.4 is 10.1 Å². The average molecular weight is 466 g/mol. The Balaban J connectivity index is 1.84. The summed E-state index contributed by atoms with van der Waals surface area (Å²) in [5.41, 5.74) is -0.314. The zero-order valence-corrected chi connectivity index (χ0v) is 18.2. The van der Waals surface area contributed by atoms with Crippen LogP contribution in [0, 0.1) is 5.92 Å². The van der Waals surface area contributed by atoms with Gasteiger partial charge in [0, 0.05) is 12.3 Å². The third-order valence-electron chi connectivity index (χ3n) is 4.80. The van der Waals surface area contributed by atoms with E-state index in [-0.39, 0.29) is 17.4 Å². The number of carbonyl (C=O) groups is 2. The van der Waals surface area contributed by atoms with Crippen molar-refractivity contribution >= 4 is 11.9 Å². The van der Waals surface area contributed by atoms with Crippen LogP contribution in [0.3, 0.4) is 0 Å². The van der Waals surface area contributed by atoms with E-state index in [9.17, 15) is 27.9 Å². The first-order valence-electron chi connectivity index (χ1n) is 10.0. The molecule has 1 heterocycles. The van der Waals surface area contributed by atoms with Crippen LogP contribution in [0.2, 0.25) is 0 Å². The lowest BCUT2D eigenvalue weighted by Gasteiger charge is -2.19. The number of nitrogens with zero attached hydrogens (tertiary/aromatic N) is 1. The molecular weight excluding hydrogens is 441 g/mol. The van der Waals surface area contributed by atoms with Crippen molar-refractivity contribution < 1.29 is 37.3 Å². The number of rotatable bonds is 10. The fraction of sp³-hybridized carbons (Fsp3) is 0.348. The number of allylic oxidation sites excluding steroid dienone is 1. The maximum absolute atomic E-state index is 12.7. The van der Waals surface area contributed by atoms with Gasteiger partial charge in [0.25, 0.3) is 5.91 Å². The van der Waals surface area contributed by atoms with E-state index in [1.807, 2.05) is 0 Å². The lowest BCUT2D eigenvalue weighted by Crippen LogP contribution is -2.33. The van der Waals surface area contributed by atoms with Gasteiger partial charge in [-0.1, -0.05) is 18.2 Å². The highest BCUT2D eigenvalue weighted by atomic mass is 19.4. The summed E-state index contributed by atoms with van der Waals surface area (Å²) in [6.45, 7) is 4.96. The zero-order chi connectivity index (χ0) is 24.6. The molecule has 178 valence electrons. The Morgan fingerprint density at radius 1 is 1.24 bits per heavy atom. The molecule has 1 aromatic heterocycles. The predicted molar refractivity (Wildman–Crippen MR) is 114 cm³/mol. The van der Waals surface area contributed by atoms with Crippen LogP contribution in [-0.4, -0.2) is 41.7 Å². The molecule has 2 rings (SSSR count). The lowest BCUT2D eigenvalue weighted by molar-refractivity contribution is -0.147. The molecule has 0 aliphatic rings. The summed E-state index contributed by atoms with van der Waals surface area (Å²) >= 11 is 0. The van der Waals surface area contributed by atoms with Gasteiger partial charge < -0.3 is 19.9 Å². The third-order valence-corrected chi connectivity index (χ3v) is 4.80. The van der Waals surface area contributed by atoms with E-state index < -0.39 is 42.0 Å². The summed E-state index contributed by atoms with van der Waals surface area (Å²) in [6, 6.07) is 6.25. The van der Waals surface area contributed by atoms with Crippen molar-refractivity contribution in [2.75, 3.05) is 13.7 Å². The molecular formula is C23H25F3N2O5. The topological polar surface area (TPSA) is 97.8 Å². The molecule has 0 aliphatic heterocycles. The van der Waals surface area contributed by atoms with Gasteiger partial charge in [-0.25, -0.2) is 4.98 Å². The lowest BCUT2D eigenvalue weighted by atomic mass is 9.93. The highest BCUT2D eigenvalue weighted by Crippen LogP contribution is 2.30. The summed E-state index contributed by atoms with van der Waals surface area (Å²) in [5.74, 6) is -2.00. The molecule has 0 spiro atoms. The van der Waals surface area contributed by atoms with Crippen molar-refractivity contribution in [2.45, 2.75) is 32.0 Å². The van der Waals surface area contributed by atoms with Gasteiger partial charge in [0.15, 0.2) is 17.2 Å². The van der Waals surface area contributed by atoms with Crippen molar-refractivity contribution in [3.8, 4) is 11.5 Å². The second kappa shape index (κ2) is 11.3. The fourth-order valence-corrected chi connectivity index (χ4v) is 3.14. The minimum atomic E-state index is -4.39. The number of nitrogens with one attached hydrogen (secondary N) is 1. The summed E-state index contributed by atoms with van der Waals surface area (Å²) in [4.78, 5) is 28.0. The Morgan fingerprint density at radius 3 is 2.48 bits per heavy atom. The van der Waals surface area contributed by atoms with Gasteiger partial charge in [0.1, 0.15) is 6.54 Å². The van der Waals surface area contributed by atoms with Crippen molar-refractivity contribution in [3.63, 3.8) is 0 Å². The van der Waals surface area contributed by atoms with Crippen LogP contribution in [0.15, 0.2) is 49.2 Å². The Bertz CT molecular complexity index is 977. The molecule has 1 unspecified atom stereocenters. The van der Waals surface area contributed by atoms with Gasteiger partial charge in [-0.15, -0.1) is 6.58 Å². The smallest absolute Gasteiger partial charge is 0.416 e. The summed E-state index contributed by atoms with van der Waals surface area (Å²) in [7, 11) is 1.32. The number of aromatic nitrogens is 1. The van der Waals surface area contributed by atoms with E-state index in [2.05, 4.69) is 16.9 Å². The van der Waals surface area contributed by atoms with Gasteiger partial charge in [0.2, 0.25) is 0 Å². The molecule has 10 heteroatoms. The normalized spacial score (nSPS) is 13.0. The minimum absolute atomic E-state index is 0.0647. The van der Waals surface area contributed by atoms with Crippen LogP contribution in [0.4, 0.5) is 13.2 Å². The standard InChI is InChI=1S/C23H25F3N2O5/c1-4-15(12-16-5-7-17(8-6-16)23(24,25)26)11-14(2)33-19(29)13-28-22(31)20-21(30)18(32-3)9-10-27-20/h4-10,14-15,30H,1,11-13H2,2-3H3,(H,28,31)/t14?,15-/m0/s1. The third kappa shape index (κ3) is 7.51. The average Bonchev–Trinajstić information content (AvgIpc) is 2.76. The molecule has 2 atom stereocenters. The van der Waals surface area contributed by atoms with E-state index in [0.717, 1.165) is 12.1 Å². The maximum Gasteiger partial charge on any atom is 0.416 e. The molecule has 0 saturated carbocycles. The molecule has 0 radical (unpaired) electrons. The second-order valence-corrected chi connectivity index (χ2v) is 7.32. The molecule has 0 saturated heterocycles. The highest BCUT2D eigenvalue weighted by molar-refractivity contribution is 5.97. The van der Waals surface area contributed by atoms with Crippen molar-refractivity contribution in [1.29, 1.82) is 0 Å². The number of halogens is 3. The van der Waals surface area contributed by atoms with Gasteiger partial charge in [-0.3, -0.25) is 9.59 Å². The summed E-state index contributed by atoms with van der Waals surface area (Å²) < 4.78 is 48.3. The van der Waals surface area contributed by atoms with Crippen LogP contribution in [0.25, 0.3) is 0 Å². The number of alkyl halides is 3. The van der Waals surface area contributed by atoms with Crippen LogP contribution in [0.5, 0.6) is 11.5 Å². The zero-order valence-electron chi connectivity index (χ0n) is 18.2. The molecule has 1 aromatic carbocycles. The monoisotopic (exact) mass is 466 g/mol. The molecule has 7 nitrogen and oxygen atoms in total. The van der Waals surface area contributed by atoms with Gasteiger partial charge in [0.05, 0.1) is 18.8 Å². The maximum atomic E-state index is 12.7. The number of hydrogen-bond donors (Lipinski definition) is 2. The van der Waals surface area contributed by atoms with E-state index >= 15 is 0 Å². The van der Waals surface area contributed by atoms with Gasteiger partial charge in [-0.05, 0) is 43.4 Å². The van der Waals surface area contributed by atoms with E-state index in [1.54, 1.807) is 13.0 Å². The SMILES string of the molecule is C=C[C@H](Cc1ccc(C(F)(F)F)cc1)CC(C)OC(=O)CNC(=O)c1nccc(OC)c1O. The molecule has 0 fully saturated rings. The number of hydrogen-bond acceptors (Lipinski definition) is 6. The number of aromatic hydroxyl groups is 1. The number of amides is 1. The summed E-state index contributed by atoms with van der Waals surface area (Å²) in [5, 5.41) is 12.3. The largest absolute Gasteiger partial charge is 0.503 e. The Labute approximate surface area is 189 Å². The second-order valence-electron chi connectivity index (χ2n) is 7.32. The number of esters is 1. The van der Waals surface area contributed by atoms with Crippen molar-refractivity contribution in [1.82, 2.24) is 10.3 Å². The van der Waals surface area contributed by atoms with Gasteiger partial charge >= 0.3 is 12.1 Å². The minimum Gasteiger partial charge on any atom is -0.503 e. The highest BCUT2D eigenvalue weighted by Gasteiger charge is 2.30. The first kappa shape index (κ1) is 25.7. The fourth-order valence-electron chi connectivity index (χ4n) is 3.14. The Hall–Kier alpha value is -3.56. The summed E-state index contributed by atoms with van der Waals surface area (Å²) in [6.07, 6.45) is -1.17. The molecule has 1 amide bonds. The molecule has 0 bridgehead atoms. The molecule has 2 N–H and O–H groups in total. The molecule has 33 heavy (non-hydrogen) atoms. The number of pyridine rings is 1. The first-order valence-corrected chi connectivity index (χ1v) is 10.0. The number of methoxy groups -OCH3 is 1. The van der Waals surface area contributed by atoms with Crippen LogP contribution in [0.1, 0.15) is 35.0 Å². The van der Waals surface area contributed by atoms with E-state index in [0.29, 0.717) is 18.4 Å².